The van der Waals surface area contributed by atoms with Crippen LogP contribution in [0.25, 0.3) is 0 Å². The highest BCUT2D eigenvalue weighted by Crippen LogP contribution is 2.20. The molecule has 0 aromatic carbocycles. The number of hydrogen-bond donors (Lipinski definition) is 2. The molecule has 1 aliphatic rings. The Labute approximate surface area is 115 Å². The van der Waals surface area contributed by atoms with Crippen LogP contribution in [-0.2, 0) is 9.59 Å². The number of nitrogens with zero attached hydrogens (tertiary/aromatic N) is 1. The molecule has 0 radical (unpaired) electrons. The van der Waals surface area contributed by atoms with Gasteiger partial charge in [-0.25, -0.2) is 0 Å². The molecule has 1 saturated heterocycles. The number of piperidine rings is 1. The number of nitrogens with one attached hydrogen (secondary N) is 1. The molecule has 0 saturated carbocycles. The van der Waals surface area contributed by atoms with E-state index >= 15 is 0 Å². The molecule has 2 atom stereocenters. The van der Waals surface area contributed by atoms with Crippen LogP contribution in [0.2, 0.25) is 0 Å². The smallest absolute Gasteiger partial charge is 0.225 e. The van der Waals surface area contributed by atoms with Crippen LogP contribution in [0, 0.1) is 11.8 Å². The SMILES string of the molecule is CCCC(C)C(=O)N1CCCC(C(=O)NCCN)C1. The van der Waals surface area contributed by atoms with Crippen molar-refractivity contribution in [3.8, 4) is 0 Å². The fraction of sp³-hybridized carbons (Fsp3) is 0.857. The molecule has 5 nitrogen and oxygen atoms in total. The van der Waals surface area contributed by atoms with E-state index in [2.05, 4.69) is 12.2 Å². The zero-order valence-corrected chi connectivity index (χ0v) is 12.2. The molecule has 0 aromatic rings. The van der Waals surface area contributed by atoms with Gasteiger partial charge in [-0.15, -0.1) is 0 Å². The molecule has 0 aliphatic carbocycles. The standard InChI is InChI=1S/C14H27N3O2/c1-3-5-11(2)14(19)17-9-4-6-12(10-17)13(18)16-8-7-15/h11-12H,3-10,15H2,1-2H3,(H,16,18). The quantitative estimate of drug-likeness (QED) is 0.746. The lowest BCUT2D eigenvalue weighted by atomic mass is 9.95. The van der Waals surface area contributed by atoms with Crippen molar-refractivity contribution in [3.63, 3.8) is 0 Å². The van der Waals surface area contributed by atoms with Gasteiger partial charge >= 0.3 is 0 Å². The third kappa shape index (κ3) is 4.82. The summed E-state index contributed by atoms with van der Waals surface area (Å²) in [5.74, 6) is 0.221. The normalized spacial score (nSPS) is 21.0. The van der Waals surface area contributed by atoms with Crippen LogP contribution in [0.4, 0.5) is 0 Å². The summed E-state index contributed by atoms with van der Waals surface area (Å²) in [6, 6.07) is 0. The van der Waals surface area contributed by atoms with Gasteiger partial charge < -0.3 is 16.0 Å². The number of carbonyl (C=O) groups is 2. The molecule has 110 valence electrons. The zero-order chi connectivity index (χ0) is 14.3. The third-order valence-corrected chi connectivity index (χ3v) is 3.69. The Morgan fingerprint density at radius 2 is 2.21 bits per heavy atom. The number of nitrogens with two attached hydrogens (primary N) is 1. The summed E-state index contributed by atoms with van der Waals surface area (Å²) in [6.07, 6.45) is 3.70. The number of likely N-dealkylation sites (tertiary alicyclic amines) is 1. The molecule has 19 heavy (non-hydrogen) atoms. The summed E-state index contributed by atoms with van der Waals surface area (Å²) < 4.78 is 0. The second-order valence-corrected chi connectivity index (χ2v) is 5.39. The van der Waals surface area contributed by atoms with Gasteiger partial charge in [0, 0.05) is 32.1 Å². The predicted octanol–water partition coefficient (Wildman–Crippen LogP) is 0.736. The van der Waals surface area contributed by atoms with Crippen LogP contribution in [0.5, 0.6) is 0 Å². The average molecular weight is 269 g/mol. The molecule has 1 fully saturated rings. The highest BCUT2D eigenvalue weighted by molar-refractivity contribution is 5.82. The molecular formula is C14H27N3O2. The molecule has 2 amide bonds. The number of rotatable bonds is 6. The van der Waals surface area contributed by atoms with Gasteiger partial charge in [-0.05, 0) is 19.3 Å². The lowest BCUT2D eigenvalue weighted by molar-refractivity contribution is -0.139. The summed E-state index contributed by atoms with van der Waals surface area (Å²) in [5.41, 5.74) is 5.38. The summed E-state index contributed by atoms with van der Waals surface area (Å²) in [4.78, 5) is 26.0. The van der Waals surface area contributed by atoms with Crippen LogP contribution < -0.4 is 11.1 Å². The van der Waals surface area contributed by atoms with Crippen LogP contribution in [0.15, 0.2) is 0 Å². The van der Waals surface area contributed by atoms with Gasteiger partial charge in [-0.1, -0.05) is 20.3 Å². The maximum Gasteiger partial charge on any atom is 0.225 e. The van der Waals surface area contributed by atoms with Gasteiger partial charge in [0.15, 0.2) is 0 Å². The largest absolute Gasteiger partial charge is 0.355 e. The fourth-order valence-electron chi connectivity index (χ4n) is 2.60. The van der Waals surface area contributed by atoms with E-state index in [1.165, 1.54) is 0 Å². The highest BCUT2D eigenvalue weighted by Gasteiger charge is 2.29. The van der Waals surface area contributed by atoms with Crippen molar-refractivity contribution in [2.75, 3.05) is 26.2 Å². The highest BCUT2D eigenvalue weighted by atomic mass is 16.2. The summed E-state index contributed by atoms with van der Waals surface area (Å²) in [6.45, 7) is 6.37. The van der Waals surface area contributed by atoms with Crippen molar-refractivity contribution >= 4 is 11.8 Å². The Morgan fingerprint density at radius 1 is 1.47 bits per heavy atom. The first-order valence-corrected chi connectivity index (χ1v) is 7.36. The van der Waals surface area contributed by atoms with E-state index in [1.54, 1.807) is 0 Å². The maximum atomic E-state index is 12.2. The lowest BCUT2D eigenvalue weighted by Crippen LogP contribution is -2.47. The Morgan fingerprint density at radius 3 is 2.84 bits per heavy atom. The van der Waals surface area contributed by atoms with E-state index in [4.69, 9.17) is 5.73 Å². The molecule has 1 aliphatic heterocycles. The first kappa shape index (κ1) is 16.0. The number of amides is 2. The van der Waals surface area contributed by atoms with Gasteiger partial charge in [-0.3, -0.25) is 9.59 Å². The van der Waals surface area contributed by atoms with Crippen molar-refractivity contribution in [2.24, 2.45) is 17.6 Å². The van der Waals surface area contributed by atoms with Gasteiger partial charge in [0.2, 0.25) is 11.8 Å². The Kier molecular flexibility index (Phi) is 6.84. The van der Waals surface area contributed by atoms with E-state index in [-0.39, 0.29) is 23.7 Å². The van der Waals surface area contributed by atoms with Crippen molar-refractivity contribution < 1.29 is 9.59 Å². The molecule has 0 spiro atoms. The maximum absolute atomic E-state index is 12.2. The van der Waals surface area contributed by atoms with E-state index < -0.39 is 0 Å². The molecule has 5 heteroatoms. The van der Waals surface area contributed by atoms with Crippen LogP contribution >= 0.6 is 0 Å². The average Bonchev–Trinajstić information content (AvgIpc) is 2.44. The predicted molar refractivity (Wildman–Crippen MR) is 75.4 cm³/mol. The topological polar surface area (TPSA) is 75.4 Å². The summed E-state index contributed by atoms with van der Waals surface area (Å²) in [5, 5.41) is 2.81. The zero-order valence-electron chi connectivity index (χ0n) is 12.2. The second kappa shape index (κ2) is 8.15. The molecule has 0 bridgehead atoms. The third-order valence-electron chi connectivity index (χ3n) is 3.69. The molecule has 1 heterocycles. The Hall–Kier alpha value is -1.10. The van der Waals surface area contributed by atoms with E-state index in [0.717, 1.165) is 32.2 Å². The van der Waals surface area contributed by atoms with Crippen LogP contribution in [0.1, 0.15) is 39.5 Å². The lowest BCUT2D eigenvalue weighted by Gasteiger charge is -2.33. The van der Waals surface area contributed by atoms with E-state index in [0.29, 0.717) is 19.6 Å². The van der Waals surface area contributed by atoms with Gasteiger partial charge in [0.05, 0.1) is 5.92 Å². The summed E-state index contributed by atoms with van der Waals surface area (Å²) >= 11 is 0. The number of carbonyl (C=O) groups excluding carboxylic acids is 2. The summed E-state index contributed by atoms with van der Waals surface area (Å²) in [7, 11) is 0. The Bertz CT molecular complexity index is 307. The first-order chi connectivity index (χ1) is 9.10. The van der Waals surface area contributed by atoms with Gasteiger partial charge in [0.25, 0.3) is 0 Å². The minimum Gasteiger partial charge on any atom is -0.355 e. The molecule has 2 unspecified atom stereocenters. The van der Waals surface area contributed by atoms with Crippen molar-refractivity contribution in [1.82, 2.24) is 10.2 Å². The van der Waals surface area contributed by atoms with E-state index in [9.17, 15) is 9.59 Å². The first-order valence-electron chi connectivity index (χ1n) is 7.36. The molecule has 1 rings (SSSR count). The molecular weight excluding hydrogens is 242 g/mol. The fourth-order valence-corrected chi connectivity index (χ4v) is 2.60. The molecule has 0 aromatic heterocycles. The minimum atomic E-state index is -0.0712. The Balaban J connectivity index is 2.49. The van der Waals surface area contributed by atoms with Crippen molar-refractivity contribution in [3.05, 3.63) is 0 Å². The number of hydrogen-bond acceptors (Lipinski definition) is 3. The van der Waals surface area contributed by atoms with E-state index in [1.807, 2.05) is 11.8 Å². The van der Waals surface area contributed by atoms with Crippen molar-refractivity contribution in [1.29, 1.82) is 0 Å². The van der Waals surface area contributed by atoms with Crippen LogP contribution in [-0.4, -0.2) is 42.9 Å². The molecule has 3 N–H and O–H groups in total. The minimum absolute atomic E-state index is 0.0334. The van der Waals surface area contributed by atoms with Gasteiger partial charge in [-0.2, -0.15) is 0 Å². The van der Waals surface area contributed by atoms with Crippen molar-refractivity contribution in [2.45, 2.75) is 39.5 Å². The second-order valence-electron chi connectivity index (χ2n) is 5.39. The monoisotopic (exact) mass is 269 g/mol. The van der Waals surface area contributed by atoms with Gasteiger partial charge in [0.1, 0.15) is 0 Å². The van der Waals surface area contributed by atoms with Crippen LogP contribution in [0.3, 0.4) is 0 Å².